The number of carbonyl (C=O) groups is 1. The first kappa shape index (κ1) is 16.2. The number of likely N-dealkylation sites (N-methyl/N-ethyl adjacent to an activating group) is 2. The van der Waals surface area contributed by atoms with Crippen LogP contribution in [0, 0.1) is 0 Å². The highest BCUT2D eigenvalue weighted by Crippen LogP contribution is 2.27. The quantitative estimate of drug-likeness (QED) is 0.748. The van der Waals surface area contributed by atoms with Gasteiger partial charge in [-0.15, -0.1) is 0 Å². The molecule has 0 fully saturated rings. The van der Waals surface area contributed by atoms with Gasteiger partial charge in [-0.05, 0) is 53.1 Å². The summed E-state index contributed by atoms with van der Waals surface area (Å²) in [6.45, 7) is 7.77. The number of carbonyl (C=O) groups excluding carboxylic acids is 1. The van der Waals surface area contributed by atoms with Gasteiger partial charge in [0, 0.05) is 34.9 Å². The largest absolute Gasteiger partial charge is 0.367 e. The number of ketones is 1. The molecule has 1 unspecified atom stereocenters. The van der Waals surface area contributed by atoms with Gasteiger partial charge in [-0.3, -0.25) is 4.79 Å². The Balaban J connectivity index is 3.16. The van der Waals surface area contributed by atoms with Crippen molar-refractivity contribution < 1.29 is 4.79 Å². The molecular weight excluding hydrogens is 304 g/mol. The maximum absolute atomic E-state index is 11.8. The zero-order chi connectivity index (χ0) is 14.6. The van der Waals surface area contributed by atoms with Crippen molar-refractivity contribution in [3.8, 4) is 0 Å². The number of hydrogen-bond acceptors (Lipinski definition) is 3. The molecule has 3 nitrogen and oxygen atoms in total. The second kappa shape index (κ2) is 7.06. The van der Waals surface area contributed by atoms with Crippen molar-refractivity contribution in [3.63, 3.8) is 0 Å². The van der Waals surface area contributed by atoms with E-state index in [0.29, 0.717) is 6.04 Å². The summed E-state index contributed by atoms with van der Waals surface area (Å²) in [5.74, 6) is 0.109. The van der Waals surface area contributed by atoms with Crippen molar-refractivity contribution in [2.45, 2.75) is 26.8 Å². The van der Waals surface area contributed by atoms with Crippen LogP contribution in [0.3, 0.4) is 0 Å². The van der Waals surface area contributed by atoms with Crippen LogP contribution in [0.5, 0.6) is 0 Å². The highest BCUT2D eigenvalue weighted by Gasteiger charge is 2.18. The van der Waals surface area contributed by atoms with E-state index in [-0.39, 0.29) is 5.78 Å². The summed E-state index contributed by atoms with van der Waals surface area (Å²) < 4.78 is 1.00. The lowest BCUT2D eigenvalue weighted by Gasteiger charge is -2.33. The van der Waals surface area contributed by atoms with Crippen molar-refractivity contribution >= 4 is 27.4 Å². The summed E-state index contributed by atoms with van der Waals surface area (Å²) >= 11 is 3.49. The van der Waals surface area contributed by atoms with Crippen molar-refractivity contribution in [2.24, 2.45) is 0 Å². The van der Waals surface area contributed by atoms with Gasteiger partial charge in [0.2, 0.25) is 0 Å². The van der Waals surface area contributed by atoms with Crippen LogP contribution >= 0.6 is 15.9 Å². The van der Waals surface area contributed by atoms with Gasteiger partial charge in [-0.25, -0.2) is 0 Å². The maximum atomic E-state index is 11.8. The van der Waals surface area contributed by atoms with Gasteiger partial charge in [0.15, 0.2) is 5.78 Å². The van der Waals surface area contributed by atoms with Gasteiger partial charge in [0.25, 0.3) is 0 Å². The smallest absolute Gasteiger partial charge is 0.161 e. The lowest BCUT2D eigenvalue weighted by atomic mass is 10.1. The van der Waals surface area contributed by atoms with Crippen molar-refractivity contribution in [2.75, 3.05) is 32.1 Å². The summed E-state index contributed by atoms with van der Waals surface area (Å²) in [5.41, 5.74) is 1.80. The molecule has 1 atom stereocenters. The molecule has 1 rings (SSSR count). The van der Waals surface area contributed by atoms with E-state index in [4.69, 9.17) is 0 Å². The lowest BCUT2D eigenvalue weighted by Crippen LogP contribution is -2.40. The van der Waals surface area contributed by atoms with E-state index in [1.54, 1.807) is 6.92 Å². The van der Waals surface area contributed by atoms with Gasteiger partial charge in [0.05, 0.1) is 0 Å². The minimum absolute atomic E-state index is 0.109. The molecule has 0 bridgehead atoms. The van der Waals surface area contributed by atoms with Crippen LogP contribution in [0.1, 0.15) is 31.1 Å². The van der Waals surface area contributed by atoms with Crippen LogP contribution in [0.4, 0.5) is 5.69 Å². The lowest BCUT2D eigenvalue weighted by molar-refractivity contribution is 0.101. The predicted octanol–water partition coefficient (Wildman–Crippen LogP) is 3.43. The normalized spacial score (nSPS) is 12.6. The molecule has 1 aromatic carbocycles. The Morgan fingerprint density at radius 3 is 2.47 bits per heavy atom. The first-order valence-electron chi connectivity index (χ1n) is 6.58. The highest BCUT2D eigenvalue weighted by molar-refractivity contribution is 9.10. The van der Waals surface area contributed by atoms with Crippen LogP contribution in [0.15, 0.2) is 22.7 Å². The minimum Gasteiger partial charge on any atom is -0.367 e. The van der Waals surface area contributed by atoms with Gasteiger partial charge in [-0.2, -0.15) is 0 Å². The predicted molar refractivity (Wildman–Crippen MR) is 85.2 cm³/mol. The summed E-state index contributed by atoms with van der Waals surface area (Å²) in [4.78, 5) is 16.2. The molecule has 4 heteroatoms. The number of halogens is 1. The third kappa shape index (κ3) is 4.32. The van der Waals surface area contributed by atoms with Crippen LogP contribution in [-0.2, 0) is 0 Å². The third-order valence-electron chi connectivity index (χ3n) is 3.15. The van der Waals surface area contributed by atoms with Gasteiger partial charge >= 0.3 is 0 Å². The number of Topliss-reactive ketones (excluding diaryl/α,β-unsaturated/α-hetero) is 1. The minimum atomic E-state index is 0.109. The fourth-order valence-electron chi connectivity index (χ4n) is 2.39. The topological polar surface area (TPSA) is 23.6 Å². The van der Waals surface area contributed by atoms with Gasteiger partial charge in [-0.1, -0.05) is 15.9 Å². The number of rotatable bonds is 6. The van der Waals surface area contributed by atoms with Gasteiger partial charge < -0.3 is 9.80 Å². The molecule has 0 aliphatic heterocycles. The van der Waals surface area contributed by atoms with E-state index in [1.165, 1.54) is 0 Å². The number of benzene rings is 1. The molecule has 0 aromatic heterocycles. The Hall–Kier alpha value is -0.870. The van der Waals surface area contributed by atoms with Crippen LogP contribution in [0.2, 0.25) is 0 Å². The molecule has 0 aliphatic rings. The third-order valence-corrected chi connectivity index (χ3v) is 3.64. The Labute approximate surface area is 124 Å². The van der Waals surface area contributed by atoms with E-state index in [1.807, 2.05) is 18.2 Å². The van der Waals surface area contributed by atoms with E-state index >= 15 is 0 Å². The Kier molecular flexibility index (Phi) is 6.01. The van der Waals surface area contributed by atoms with Crippen LogP contribution in [0.25, 0.3) is 0 Å². The molecule has 0 saturated heterocycles. The Bertz CT molecular complexity index is 446. The first-order valence-corrected chi connectivity index (χ1v) is 7.38. The Morgan fingerprint density at radius 1 is 1.37 bits per heavy atom. The molecule has 0 radical (unpaired) electrons. The van der Waals surface area contributed by atoms with Crippen LogP contribution in [-0.4, -0.2) is 43.9 Å². The second-order valence-electron chi connectivity index (χ2n) is 5.11. The standard InChI is InChI=1S/C15H23BrN2O/c1-6-18(11(2)10-17(4)5)15-9-13(16)7-8-14(15)12(3)19/h7-9,11H,6,10H2,1-5H3. The number of hydrogen-bond donors (Lipinski definition) is 0. The molecular formula is C15H23BrN2O. The van der Waals surface area contributed by atoms with Crippen molar-refractivity contribution in [1.82, 2.24) is 4.90 Å². The molecule has 1 aromatic rings. The maximum Gasteiger partial charge on any atom is 0.161 e. The molecule has 0 spiro atoms. The van der Waals surface area contributed by atoms with E-state index in [0.717, 1.165) is 28.8 Å². The number of anilines is 1. The fourth-order valence-corrected chi connectivity index (χ4v) is 2.74. The highest BCUT2D eigenvalue weighted by atomic mass is 79.9. The average molecular weight is 327 g/mol. The fraction of sp³-hybridized carbons (Fsp3) is 0.533. The van der Waals surface area contributed by atoms with Crippen molar-refractivity contribution in [1.29, 1.82) is 0 Å². The van der Waals surface area contributed by atoms with E-state index in [9.17, 15) is 4.79 Å². The Morgan fingerprint density at radius 2 is 2.00 bits per heavy atom. The second-order valence-corrected chi connectivity index (χ2v) is 6.03. The molecule has 106 valence electrons. The van der Waals surface area contributed by atoms with Crippen molar-refractivity contribution in [3.05, 3.63) is 28.2 Å². The van der Waals surface area contributed by atoms with Gasteiger partial charge in [0.1, 0.15) is 0 Å². The molecule has 0 amide bonds. The zero-order valence-corrected chi connectivity index (χ0v) is 14.0. The average Bonchev–Trinajstić information content (AvgIpc) is 2.28. The molecule has 0 aliphatic carbocycles. The first-order chi connectivity index (χ1) is 8.86. The molecule has 0 heterocycles. The number of nitrogens with zero attached hydrogens (tertiary/aromatic N) is 2. The molecule has 0 N–H and O–H groups in total. The summed E-state index contributed by atoms with van der Waals surface area (Å²) in [6, 6.07) is 6.21. The SMILES string of the molecule is CCN(c1cc(Br)ccc1C(C)=O)C(C)CN(C)C. The zero-order valence-electron chi connectivity index (χ0n) is 12.4. The molecule has 0 saturated carbocycles. The van der Waals surface area contributed by atoms with E-state index in [2.05, 4.69) is 53.7 Å². The monoisotopic (exact) mass is 326 g/mol. The van der Waals surface area contributed by atoms with Crippen LogP contribution < -0.4 is 4.90 Å². The van der Waals surface area contributed by atoms with E-state index < -0.39 is 0 Å². The molecule has 19 heavy (non-hydrogen) atoms. The summed E-state index contributed by atoms with van der Waals surface area (Å²) in [6.07, 6.45) is 0. The summed E-state index contributed by atoms with van der Waals surface area (Å²) in [7, 11) is 4.13. The summed E-state index contributed by atoms with van der Waals surface area (Å²) in [5, 5.41) is 0.